The molecule has 0 aliphatic heterocycles. The summed E-state index contributed by atoms with van der Waals surface area (Å²) in [6, 6.07) is 12.4. The molecule has 4 heteroatoms. The van der Waals surface area contributed by atoms with Crippen LogP contribution in [0.2, 0.25) is 0 Å². The second-order valence-corrected chi connectivity index (χ2v) is 6.99. The first-order chi connectivity index (χ1) is 10.1. The molecule has 2 nitrogen and oxygen atoms in total. The summed E-state index contributed by atoms with van der Waals surface area (Å²) in [6.07, 6.45) is 4.86. The van der Waals surface area contributed by atoms with Crippen LogP contribution in [0.5, 0.6) is 0 Å². The standard InChI is InChI=1S/C17H16BBrO2/c19-15-10-11(18(20)21)9-13-12-5-1-2-6-14(12)17(16(13)15)7-3-4-8-17/h1-2,5-6,9-10,20-21H,3-4,7-8H2. The third-order valence-corrected chi connectivity index (χ3v) is 5.70. The molecule has 2 aliphatic rings. The minimum atomic E-state index is -1.43. The van der Waals surface area contributed by atoms with Gasteiger partial charge in [0.2, 0.25) is 0 Å². The molecule has 2 aromatic rings. The van der Waals surface area contributed by atoms with Gasteiger partial charge in [-0.2, -0.15) is 0 Å². The van der Waals surface area contributed by atoms with Gasteiger partial charge in [-0.1, -0.05) is 59.1 Å². The van der Waals surface area contributed by atoms with Crippen LogP contribution in [0.4, 0.5) is 0 Å². The van der Waals surface area contributed by atoms with Crippen molar-refractivity contribution in [1.82, 2.24) is 0 Å². The molecule has 0 bridgehead atoms. The summed E-state index contributed by atoms with van der Waals surface area (Å²) in [6.45, 7) is 0. The van der Waals surface area contributed by atoms with Crippen molar-refractivity contribution in [2.75, 3.05) is 0 Å². The number of rotatable bonds is 1. The van der Waals surface area contributed by atoms with Gasteiger partial charge in [-0.05, 0) is 46.6 Å². The number of benzene rings is 2. The topological polar surface area (TPSA) is 40.5 Å². The molecule has 0 saturated heterocycles. The van der Waals surface area contributed by atoms with Gasteiger partial charge in [0, 0.05) is 9.89 Å². The van der Waals surface area contributed by atoms with Crippen molar-refractivity contribution in [2.45, 2.75) is 31.1 Å². The minimum absolute atomic E-state index is 0.115. The normalized spacial score (nSPS) is 17.9. The Labute approximate surface area is 133 Å². The van der Waals surface area contributed by atoms with Gasteiger partial charge in [-0.25, -0.2) is 0 Å². The molecule has 0 aromatic heterocycles. The number of hydrogen-bond acceptors (Lipinski definition) is 2. The van der Waals surface area contributed by atoms with E-state index in [9.17, 15) is 10.0 Å². The van der Waals surface area contributed by atoms with Crippen LogP contribution < -0.4 is 5.46 Å². The van der Waals surface area contributed by atoms with E-state index in [0.29, 0.717) is 5.46 Å². The quantitative estimate of drug-likeness (QED) is 0.782. The van der Waals surface area contributed by atoms with Gasteiger partial charge in [0.05, 0.1) is 0 Å². The molecule has 2 aliphatic carbocycles. The molecule has 0 amide bonds. The molecular weight excluding hydrogens is 327 g/mol. The zero-order valence-corrected chi connectivity index (χ0v) is 13.2. The molecule has 0 heterocycles. The highest BCUT2D eigenvalue weighted by atomic mass is 79.9. The number of halogens is 1. The summed E-state index contributed by atoms with van der Waals surface area (Å²) in [7, 11) is -1.43. The summed E-state index contributed by atoms with van der Waals surface area (Å²) in [5.74, 6) is 0. The third kappa shape index (κ3) is 1.79. The van der Waals surface area contributed by atoms with E-state index in [2.05, 4.69) is 40.2 Å². The highest BCUT2D eigenvalue weighted by molar-refractivity contribution is 9.10. The van der Waals surface area contributed by atoms with Gasteiger partial charge >= 0.3 is 7.12 Å². The lowest BCUT2D eigenvalue weighted by atomic mass is 9.74. The van der Waals surface area contributed by atoms with Crippen molar-refractivity contribution in [3.8, 4) is 11.1 Å². The van der Waals surface area contributed by atoms with Gasteiger partial charge in [0.1, 0.15) is 0 Å². The van der Waals surface area contributed by atoms with Crippen LogP contribution in [0, 0.1) is 0 Å². The molecule has 2 aromatic carbocycles. The van der Waals surface area contributed by atoms with Crippen LogP contribution >= 0.6 is 15.9 Å². The SMILES string of the molecule is OB(O)c1cc(Br)c2c(c1)-c1ccccc1C21CCCC1. The molecule has 106 valence electrons. The summed E-state index contributed by atoms with van der Waals surface area (Å²) in [4.78, 5) is 0. The highest BCUT2D eigenvalue weighted by Gasteiger charge is 2.46. The maximum absolute atomic E-state index is 9.52. The Kier molecular flexibility index (Phi) is 3.04. The molecule has 0 atom stereocenters. The smallest absolute Gasteiger partial charge is 0.423 e. The van der Waals surface area contributed by atoms with Crippen molar-refractivity contribution in [2.24, 2.45) is 0 Å². The average molecular weight is 343 g/mol. The Balaban J connectivity index is 2.05. The lowest BCUT2D eigenvalue weighted by Gasteiger charge is -2.27. The third-order valence-electron chi connectivity index (χ3n) is 5.08. The molecule has 4 rings (SSSR count). The number of fused-ring (bicyclic) bond motifs is 5. The van der Waals surface area contributed by atoms with Crippen molar-refractivity contribution in [3.63, 3.8) is 0 Å². The average Bonchev–Trinajstić information content (AvgIpc) is 3.06. The summed E-state index contributed by atoms with van der Waals surface area (Å²) in [5, 5.41) is 19.0. The lowest BCUT2D eigenvalue weighted by Crippen LogP contribution is -2.31. The van der Waals surface area contributed by atoms with E-state index >= 15 is 0 Å². The van der Waals surface area contributed by atoms with Crippen molar-refractivity contribution in [1.29, 1.82) is 0 Å². The molecular formula is C17H16BBrO2. The first-order valence-corrected chi connectivity index (χ1v) is 8.23. The van der Waals surface area contributed by atoms with E-state index in [4.69, 9.17) is 0 Å². The van der Waals surface area contributed by atoms with E-state index in [1.165, 1.54) is 42.4 Å². The van der Waals surface area contributed by atoms with Gasteiger partial charge in [-0.15, -0.1) is 0 Å². The summed E-state index contributed by atoms with van der Waals surface area (Å²) >= 11 is 3.69. The monoisotopic (exact) mass is 342 g/mol. The Morgan fingerprint density at radius 1 is 1.00 bits per heavy atom. The van der Waals surface area contributed by atoms with Crippen LogP contribution in [0.25, 0.3) is 11.1 Å². The van der Waals surface area contributed by atoms with Crippen LogP contribution in [0.3, 0.4) is 0 Å². The molecule has 1 fully saturated rings. The molecule has 0 radical (unpaired) electrons. The maximum atomic E-state index is 9.52. The van der Waals surface area contributed by atoms with Crippen LogP contribution in [0.15, 0.2) is 40.9 Å². The molecule has 2 N–H and O–H groups in total. The van der Waals surface area contributed by atoms with Crippen molar-refractivity contribution < 1.29 is 10.0 Å². The largest absolute Gasteiger partial charge is 0.488 e. The maximum Gasteiger partial charge on any atom is 0.488 e. The first-order valence-electron chi connectivity index (χ1n) is 7.43. The number of hydrogen-bond donors (Lipinski definition) is 2. The van der Waals surface area contributed by atoms with E-state index < -0.39 is 7.12 Å². The van der Waals surface area contributed by atoms with Gasteiger partial charge in [0.15, 0.2) is 0 Å². The zero-order chi connectivity index (χ0) is 14.6. The second kappa shape index (κ2) is 4.70. The molecule has 0 unspecified atom stereocenters. The Hall–Kier alpha value is -1.10. The predicted octanol–water partition coefficient (Wildman–Crippen LogP) is 2.97. The van der Waals surface area contributed by atoms with Crippen LogP contribution in [-0.4, -0.2) is 17.2 Å². The van der Waals surface area contributed by atoms with E-state index in [0.717, 1.165) is 10.0 Å². The van der Waals surface area contributed by atoms with Crippen LogP contribution in [0.1, 0.15) is 36.8 Å². The van der Waals surface area contributed by atoms with Crippen LogP contribution in [-0.2, 0) is 5.41 Å². The Morgan fingerprint density at radius 3 is 2.43 bits per heavy atom. The second-order valence-electron chi connectivity index (χ2n) is 6.13. The molecule has 1 spiro atoms. The lowest BCUT2D eigenvalue weighted by molar-refractivity contribution is 0.425. The highest BCUT2D eigenvalue weighted by Crippen LogP contribution is 2.58. The van der Waals surface area contributed by atoms with Crippen molar-refractivity contribution >= 4 is 28.5 Å². The van der Waals surface area contributed by atoms with E-state index in [1.54, 1.807) is 0 Å². The van der Waals surface area contributed by atoms with Gasteiger partial charge in [-0.3, -0.25) is 0 Å². The van der Waals surface area contributed by atoms with Gasteiger partial charge < -0.3 is 10.0 Å². The zero-order valence-electron chi connectivity index (χ0n) is 11.6. The summed E-state index contributed by atoms with van der Waals surface area (Å²) in [5.41, 5.74) is 5.81. The predicted molar refractivity (Wildman–Crippen MR) is 88.7 cm³/mol. The Morgan fingerprint density at radius 2 is 1.71 bits per heavy atom. The fraction of sp³-hybridized carbons (Fsp3) is 0.294. The fourth-order valence-electron chi connectivity index (χ4n) is 4.24. The molecule has 21 heavy (non-hydrogen) atoms. The van der Waals surface area contributed by atoms with E-state index in [1.807, 2.05) is 12.1 Å². The van der Waals surface area contributed by atoms with E-state index in [-0.39, 0.29) is 5.41 Å². The molecule has 1 saturated carbocycles. The first kappa shape index (κ1) is 13.6. The van der Waals surface area contributed by atoms with Crippen molar-refractivity contribution in [3.05, 3.63) is 52.0 Å². The summed E-state index contributed by atoms with van der Waals surface area (Å²) < 4.78 is 1.00. The van der Waals surface area contributed by atoms with Gasteiger partial charge in [0.25, 0.3) is 0 Å². The fourth-order valence-corrected chi connectivity index (χ4v) is 5.10. The Bertz CT molecular complexity index is 721. The minimum Gasteiger partial charge on any atom is -0.423 e.